The first kappa shape index (κ1) is 24.5. The average molecular weight is 467 g/mol. The largest absolute Gasteiger partial charge is 0.497 e. The van der Waals surface area contributed by atoms with Crippen molar-refractivity contribution in [3.05, 3.63) is 59.7 Å². The fraction of sp³-hybridized carbons (Fsp3) is 0.519. The Morgan fingerprint density at radius 2 is 1.18 bits per heavy atom. The summed E-state index contributed by atoms with van der Waals surface area (Å²) in [5.74, 6) is 2.06. The summed E-state index contributed by atoms with van der Waals surface area (Å²) < 4.78 is 10.5. The summed E-state index contributed by atoms with van der Waals surface area (Å²) in [4.78, 5) is 22.2. The van der Waals surface area contributed by atoms with Gasteiger partial charge in [0.25, 0.3) is 0 Å². The average Bonchev–Trinajstić information content (AvgIpc) is 2.89. The van der Waals surface area contributed by atoms with Gasteiger partial charge in [-0.1, -0.05) is 24.3 Å². The van der Waals surface area contributed by atoms with E-state index in [9.17, 15) is 4.79 Å². The van der Waals surface area contributed by atoms with Crippen LogP contribution in [0.25, 0.3) is 0 Å². The topological polar surface area (TPSA) is 48.5 Å². The molecule has 7 heteroatoms. The van der Waals surface area contributed by atoms with E-state index in [1.54, 1.807) is 14.2 Å². The zero-order chi connectivity index (χ0) is 23.8. The lowest BCUT2D eigenvalue weighted by molar-refractivity contribution is -0.134. The first-order valence-electron chi connectivity index (χ1n) is 12.3. The molecule has 0 aromatic heterocycles. The van der Waals surface area contributed by atoms with Crippen molar-refractivity contribution in [3.63, 3.8) is 0 Å². The third-order valence-electron chi connectivity index (χ3n) is 6.99. The van der Waals surface area contributed by atoms with Gasteiger partial charge in [0.05, 0.1) is 20.8 Å². The van der Waals surface area contributed by atoms with Crippen molar-refractivity contribution >= 4 is 5.91 Å². The number of hydrogen-bond acceptors (Lipinski definition) is 6. The Morgan fingerprint density at radius 1 is 0.676 bits per heavy atom. The first-order chi connectivity index (χ1) is 16.6. The van der Waals surface area contributed by atoms with Gasteiger partial charge in [-0.3, -0.25) is 14.6 Å². The predicted molar refractivity (Wildman–Crippen MR) is 134 cm³/mol. The van der Waals surface area contributed by atoms with Crippen molar-refractivity contribution in [3.8, 4) is 11.5 Å². The van der Waals surface area contributed by atoms with Gasteiger partial charge in [-0.25, -0.2) is 0 Å². The van der Waals surface area contributed by atoms with Gasteiger partial charge in [-0.15, -0.1) is 0 Å². The van der Waals surface area contributed by atoms with Crippen LogP contribution >= 0.6 is 0 Å². The molecule has 0 bridgehead atoms. The van der Waals surface area contributed by atoms with Gasteiger partial charge in [0, 0.05) is 65.4 Å². The van der Waals surface area contributed by atoms with Crippen LogP contribution in [0.5, 0.6) is 11.5 Å². The van der Waals surface area contributed by atoms with E-state index in [0.29, 0.717) is 6.54 Å². The van der Waals surface area contributed by atoms with Crippen LogP contribution in [0.1, 0.15) is 11.1 Å². The summed E-state index contributed by atoms with van der Waals surface area (Å²) in [7, 11) is 3.39. The Hall–Kier alpha value is -2.61. The number of carbonyl (C=O) groups is 1. The van der Waals surface area contributed by atoms with Gasteiger partial charge in [0.15, 0.2) is 0 Å². The molecule has 0 radical (unpaired) electrons. The van der Waals surface area contributed by atoms with E-state index in [2.05, 4.69) is 39.0 Å². The third-order valence-corrected chi connectivity index (χ3v) is 6.99. The maximum Gasteiger partial charge on any atom is 0.236 e. The Kier molecular flexibility index (Phi) is 8.79. The quantitative estimate of drug-likeness (QED) is 0.565. The third kappa shape index (κ3) is 6.95. The maximum atomic E-state index is 12.9. The van der Waals surface area contributed by atoms with E-state index in [1.807, 2.05) is 29.2 Å². The van der Waals surface area contributed by atoms with Crippen LogP contribution in [0.4, 0.5) is 0 Å². The van der Waals surface area contributed by atoms with Gasteiger partial charge in [-0.2, -0.15) is 0 Å². The molecule has 0 N–H and O–H groups in total. The molecule has 0 atom stereocenters. The molecule has 184 valence electrons. The van der Waals surface area contributed by atoms with Crippen molar-refractivity contribution in [1.82, 2.24) is 19.6 Å². The number of methoxy groups -OCH3 is 2. The summed E-state index contributed by atoms with van der Waals surface area (Å²) in [6.07, 6.45) is 1.05. The van der Waals surface area contributed by atoms with Crippen molar-refractivity contribution in [2.75, 3.05) is 79.7 Å². The zero-order valence-corrected chi connectivity index (χ0v) is 20.6. The summed E-state index contributed by atoms with van der Waals surface area (Å²) in [6, 6.07) is 16.6. The van der Waals surface area contributed by atoms with Gasteiger partial charge >= 0.3 is 0 Å². The van der Waals surface area contributed by atoms with Crippen LogP contribution < -0.4 is 9.47 Å². The van der Waals surface area contributed by atoms with Gasteiger partial charge < -0.3 is 19.3 Å². The molecule has 1 amide bonds. The fourth-order valence-corrected chi connectivity index (χ4v) is 4.69. The fourth-order valence-electron chi connectivity index (χ4n) is 4.69. The lowest BCUT2D eigenvalue weighted by Crippen LogP contribution is -2.53. The van der Waals surface area contributed by atoms with Crippen LogP contribution in [0.3, 0.4) is 0 Å². The SMILES string of the molecule is COc1ccc(CCN2CCN(CC(=O)N3CCN(Cc4ccc(OC)cc4)CC3)CC2)cc1. The van der Waals surface area contributed by atoms with E-state index in [-0.39, 0.29) is 5.91 Å². The van der Waals surface area contributed by atoms with E-state index in [0.717, 1.165) is 83.4 Å². The standard InChI is InChI=1S/C27H38N4O3/c1-33-25-7-3-23(4-8-25)11-12-28-13-15-30(16-14-28)22-27(32)31-19-17-29(18-20-31)21-24-5-9-26(34-2)10-6-24/h3-10H,11-22H2,1-2H3. The van der Waals surface area contributed by atoms with Crippen molar-refractivity contribution < 1.29 is 14.3 Å². The van der Waals surface area contributed by atoms with Crippen LogP contribution in [-0.4, -0.2) is 105 Å². The second-order valence-corrected chi connectivity index (χ2v) is 9.22. The Balaban J connectivity index is 1.12. The molecule has 2 saturated heterocycles. The molecule has 4 rings (SSSR count). The predicted octanol–water partition coefficient (Wildman–Crippen LogP) is 2.21. The number of amides is 1. The summed E-state index contributed by atoms with van der Waals surface area (Å²) in [5, 5.41) is 0. The molecule has 0 spiro atoms. The number of hydrogen-bond donors (Lipinski definition) is 0. The molecule has 34 heavy (non-hydrogen) atoms. The van der Waals surface area contributed by atoms with Crippen LogP contribution in [0.2, 0.25) is 0 Å². The first-order valence-corrected chi connectivity index (χ1v) is 12.3. The van der Waals surface area contributed by atoms with E-state index in [4.69, 9.17) is 9.47 Å². The molecule has 2 aromatic carbocycles. The zero-order valence-electron chi connectivity index (χ0n) is 20.6. The Morgan fingerprint density at radius 3 is 1.74 bits per heavy atom. The van der Waals surface area contributed by atoms with Crippen molar-refractivity contribution in [2.24, 2.45) is 0 Å². The summed E-state index contributed by atoms with van der Waals surface area (Å²) in [6.45, 7) is 10.00. The Labute approximate surface area is 203 Å². The summed E-state index contributed by atoms with van der Waals surface area (Å²) >= 11 is 0. The number of rotatable bonds is 9. The molecule has 2 aliphatic rings. The van der Waals surface area contributed by atoms with Crippen molar-refractivity contribution in [1.29, 1.82) is 0 Å². The van der Waals surface area contributed by atoms with Gasteiger partial charge in [0.1, 0.15) is 11.5 Å². The normalized spacial score (nSPS) is 18.1. The highest BCUT2D eigenvalue weighted by Gasteiger charge is 2.24. The number of carbonyl (C=O) groups excluding carboxylic acids is 1. The van der Waals surface area contributed by atoms with E-state index >= 15 is 0 Å². The molecular weight excluding hydrogens is 428 g/mol. The van der Waals surface area contributed by atoms with Gasteiger partial charge in [-0.05, 0) is 41.8 Å². The molecule has 7 nitrogen and oxygen atoms in total. The minimum Gasteiger partial charge on any atom is -0.497 e. The second-order valence-electron chi connectivity index (χ2n) is 9.22. The minimum absolute atomic E-state index is 0.274. The maximum absolute atomic E-state index is 12.9. The highest BCUT2D eigenvalue weighted by Crippen LogP contribution is 2.15. The lowest BCUT2D eigenvalue weighted by Gasteiger charge is -2.38. The molecule has 0 unspecified atom stereocenters. The highest BCUT2D eigenvalue weighted by atomic mass is 16.5. The van der Waals surface area contributed by atoms with Crippen LogP contribution in [-0.2, 0) is 17.8 Å². The monoisotopic (exact) mass is 466 g/mol. The van der Waals surface area contributed by atoms with E-state index < -0.39 is 0 Å². The molecular formula is C27H38N4O3. The number of piperazine rings is 2. The highest BCUT2D eigenvalue weighted by molar-refractivity contribution is 5.78. The molecule has 2 heterocycles. The summed E-state index contributed by atoms with van der Waals surface area (Å²) in [5.41, 5.74) is 2.62. The van der Waals surface area contributed by atoms with E-state index in [1.165, 1.54) is 11.1 Å². The molecule has 0 aliphatic carbocycles. The lowest BCUT2D eigenvalue weighted by atomic mass is 10.1. The van der Waals surface area contributed by atoms with Gasteiger partial charge in [0.2, 0.25) is 5.91 Å². The number of benzene rings is 2. The number of ether oxygens (including phenoxy) is 2. The Bertz CT molecular complexity index is 887. The van der Waals surface area contributed by atoms with Crippen molar-refractivity contribution in [2.45, 2.75) is 13.0 Å². The molecule has 2 fully saturated rings. The molecule has 2 aromatic rings. The minimum atomic E-state index is 0.274. The second kappa shape index (κ2) is 12.2. The number of nitrogens with zero attached hydrogens (tertiary/aromatic N) is 4. The smallest absolute Gasteiger partial charge is 0.236 e. The van der Waals surface area contributed by atoms with Crippen LogP contribution in [0.15, 0.2) is 48.5 Å². The molecule has 0 saturated carbocycles. The van der Waals surface area contributed by atoms with Crippen LogP contribution in [0, 0.1) is 0 Å². The molecule has 2 aliphatic heterocycles.